The molecule has 2 heteroatoms. The van der Waals surface area contributed by atoms with Gasteiger partial charge < -0.3 is 9.80 Å². The van der Waals surface area contributed by atoms with Gasteiger partial charge in [0.25, 0.3) is 0 Å². The van der Waals surface area contributed by atoms with Gasteiger partial charge in [0.05, 0.1) is 5.41 Å². The molecule has 11 rings (SSSR count). The molecule has 0 bridgehead atoms. The highest BCUT2D eigenvalue weighted by Gasteiger charge is 2.49. The van der Waals surface area contributed by atoms with Gasteiger partial charge in [0, 0.05) is 40.6 Å². The summed E-state index contributed by atoms with van der Waals surface area (Å²) in [6, 6.07) is 52.3. The van der Waals surface area contributed by atoms with E-state index in [-0.39, 0.29) is 5.41 Å². The fourth-order valence-corrected chi connectivity index (χ4v) is 10.7. The highest BCUT2D eigenvalue weighted by atomic mass is 15.2. The van der Waals surface area contributed by atoms with Crippen LogP contribution < -0.4 is 9.80 Å². The fourth-order valence-electron chi connectivity index (χ4n) is 10.7. The van der Waals surface area contributed by atoms with E-state index in [2.05, 4.69) is 224 Å². The number of nitrogens with zero attached hydrogens (tertiary/aromatic N) is 2. The van der Waals surface area contributed by atoms with E-state index in [1.807, 2.05) is 12.2 Å². The molecule has 1 aliphatic heterocycles. The summed E-state index contributed by atoms with van der Waals surface area (Å²) >= 11 is 0. The van der Waals surface area contributed by atoms with Crippen molar-refractivity contribution in [2.75, 3.05) is 9.80 Å². The van der Waals surface area contributed by atoms with Gasteiger partial charge in [-0.1, -0.05) is 177 Å². The van der Waals surface area contributed by atoms with Crippen LogP contribution in [0.5, 0.6) is 0 Å². The molecule has 0 atom stereocenters. The maximum atomic E-state index is 3.91. The Morgan fingerprint density at radius 1 is 0.645 bits per heavy atom. The molecule has 0 saturated heterocycles. The molecule has 298 valence electrons. The standard InChI is InChI=1S/C60H48N2/c1-3-5-21-46(4-2)61-41-45-20-11-13-26-51(45)55-38-43(34-37-59(55)61)42-32-35-48(36-33-42)62(47-22-8-6-7-9-23-47)49-24-18-31-58-54(39-49)50-25-12-10-19-44(50)40-60(58)56-29-16-14-27-52(56)53-28-15-17-30-57(53)60/h3-8,10-17,19-39H,1,9,18,40-41H2,2H3/b21-5-,46-4+. The highest BCUT2D eigenvalue weighted by molar-refractivity contribution is 5.96. The van der Waals surface area contributed by atoms with Gasteiger partial charge in [-0.25, -0.2) is 0 Å². The van der Waals surface area contributed by atoms with Crippen LogP contribution in [0.1, 0.15) is 47.6 Å². The van der Waals surface area contributed by atoms with E-state index >= 15 is 0 Å². The number of hydrogen-bond donors (Lipinski definition) is 0. The molecule has 0 aromatic heterocycles. The molecule has 1 heterocycles. The Labute approximate surface area is 366 Å². The van der Waals surface area contributed by atoms with Crippen LogP contribution in [-0.2, 0) is 18.4 Å². The third-order valence-electron chi connectivity index (χ3n) is 13.4. The van der Waals surface area contributed by atoms with Crippen molar-refractivity contribution in [1.82, 2.24) is 0 Å². The first kappa shape index (κ1) is 37.6. The molecule has 0 radical (unpaired) electrons. The van der Waals surface area contributed by atoms with Crippen molar-refractivity contribution in [2.24, 2.45) is 0 Å². The number of hydrogen-bond acceptors (Lipinski definition) is 2. The maximum absolute atomic E-state index is 3.91. The van der Waals surface area contributed by atoms with Gasteiger partial charge in [-0.15, -0.1) is 0 Å². The Hall–Kier alpha value is -7.42. The molecule has 62 heavy (non-hydrogen) atoms. The number of rotatable bonds is 7. The van der Waals surface area contributed by atoms with E-state index in [1.165, 1.54) is 89.4 Å². The Morgan fingerprint density at radius 2 is 1.32 bits per heavy atom. The van der Waals surface area contributed by atoms with E-state index in [1.54, 1.807) is 0 Å². The lowest BCUT2D eigenvalue weighted by Crippen LogP contribution is -2.35. The molecular formula is C60H48N2. The summed E-state index contributed by atoms with van der Waals surface area (Å²) in [4.78, 5) is 4.88. The number of allylic oxidation sites excluding steroid dienone is 14. The summed E-state index contributed by atoms with van der Waals surface area (Å²) in [5.74, 6) is 0. The first-order chi connectivity index (χ1) is 30.7. The van der Waals surface area contributed by atoms with Crippen molar-refractivity contribution in [1.29, 1.82) is 0 Å². The van der Waals surface area contributed by atoms with Crippen LogP contribution in [0.4, 0.5) is 11.4 Å². The molecule has 0 unspecified atom stereocenters. The summed E-state index contributed by atoms with van der Waals surface area (Å²) < 4.78 is 0. The Morgan fingerprint density at radius 3 is 2.08 bits per heavy atom. The average molecular weight is 797 g/mol. The normalized spacial score (nSPS) is 16.7. The second kappa shape index (κ2) is 15.6. The molecule has 1 spiro atoms. The summed E-state index contributed by atoms with van der Waals surface area (Å²) in [6.07, 6.45) is 29.4. The lowest BCUT2D eigenvalue weighted by atomic mass is 9.61. The zero-order valence-corrected chi connectivity index (χ0v) is 35.1. The molecular weight excluding hydrogens is 749 g/mol. The minimum absolute atomic E-state index is 0.266. The van der Waals surface area contributed by atoms with Crippen molar-refractivity contribution < 1.29 is 0 Å². The van der Waals surface area contributed by atoms with Crippen LogP contribution >= 0.6 is 0 Å². The summed E-state index contributed by atoms with van der Waals surface area (Å²) in [7, 11) is 0. The summed E-state index contributed by atoms with van der Waals surface area (Å²) in [6.45, 7) is 6.84. The molecule has 6 aromatic carbocycles. The van der Waals surface area contributed by atoms with E-state index < -0.39 is 0 Å². The molecule has 0 N–H and O–H groups in total. The molecule has 2 nitrogen and oxygen atoms in total. The summed E-state index contributed by atoms with van der Waals surface area (Å²) in [5.41, 5.74) is 22.8. The van der Waals surface area contributed by atoms with Gasteiger partial charge in [-0.3, -0.25) is 0 Å². The Bertz CT molecular complexity index is 3000. The lowest BCUT2D eigenvalue weighted by Gasteiger charge is -2.41. The topological polar surface area (TPSA) is 6.48 Å². The quantitative estimate of drug-likeness (QED) is 0.149. The molecule has 6 aromatic rings. The Balaban J connectivity index is 1.01. The van der Waals surface area contributed by atoms with Crippen molar-refractivity contribution in [2.45, 2.75) is 38.1 Å². The van der Waals surface area contributed by atoms with E-state index in [0.717, 1.165) is 37.2 Å². The minimum Gasteiger partial charge on any atom is -0.337 e. The predicted octanol–water partition coefficient (Wildman–Crippen LogP) is 15.0. The lowest BCUT2D eigenvalue weighted by molar-refractivity contribution is 0.617. The van der Waals surface area contributed by atoms with Gasteiger partial charge in [0.1, 0.15) is 0 Å². The number of benzene rings is 6. The maximum Gasteiger partial charge on any atom is 0.0507 e. The first-order valence-electron chi connectivity index (χ1n) is 22.0. The second-order valence-corrected chi connectivity index (χ2v) is 16.7. The van der Waals surface area contributed by atoms with Gasteiger partial charge in [-0.2, -0.15) is 0 Å². The molecule has 0 fully saturated rings. The fraction of sp³-hybridized carbons (Fsp3) is 0.100. The van der Waals surface area contributed by atoms with Crippen LogP contribution in [0.25, 0.3) is 39.0 Å². The van der Waals surface area contributed by atoms with Crippen LogP contribution in [0.3, 0.4) is 0 Å². The zero-order chi connectivity index (χ0) is 41.6. The van der Waals surface area contributed by atoms with E-state index in [4.69, 9.17) is 0 Å². The Kier molecular flexibility index (Phi) is 9.43. The van der Waals surface area contributed by atoms with Gasteiger partial charge in [0.15, 0.2) is 0 Å². The van der Waals surface area contributed by atoms with Crippen LogP contribution in [0.15, 0.2) is 242 Å². The molecule has 4 aliphatic carbocycles. The monoisotopic (exact) mass is 796 g/mol. The van der Waals surface area contributed by atoms with Gasteiger partial charge in [0.2, 0.25) is 0 Å². The summed E-state index contributed by atoms with van der Waals surface area (Å²) in [5, 5.41) is 0. The third kappa shape index (κ3) is 6.09. The molecule has 0 amide bonds. The highest BCUT2D eigenvalue weighted by Crippen LogP contribution is 2.60. The predicted molar refractivity (Wildman–Crippen MR) is 262 cm³/mol. The smallest absolute Gasteiger partial charge is 0.0507 e. The minimum atomic E-state index is -0.266. The van der Waals surface area contributed by atoms with E-state index in [9.17, 15) is 0 Å². The zero-order valence-electron chi connectivity index (χ0n) is 35.1. The number of fused-ring (bicyclic) bond motifs is 12. The van der Waals surface area contributed by atoms with E-state index in [0.29, 0.717) is 0 Å². The van der Waals surface area contributed by atoms with Crippen LogP contribution in [0, 0.1) is 0 Å². The van der Waals surface area contributed by atoms with Crippen molar-refractivity contribution in [3.63, 3.8) is 0 Å². The van der Waals surface area contributed by atoms with Gasteiger partial charge >= 0.3 is 0 Å². The molecule has 5 aliphatic rings. The van der Waals surface area contributed by atoms with Crippen molar-refractivity contribution in [3.05, 3.63) is 269 Å². The van der Waals surface area contributed by atoms with Crippen LogP contribution in [-0.4, -0.2) is 0 Å². The van der Waals surface area contributed by atoms with Gasteiger partial charge in [-0.05, 0) is 135 Å². The third-order valence-corrected chi connectivity index (χ3v) is 13.4. The number of anilines is 2. The van der Waals surface area contributed by atoms with Crippen molar-refractivity contribution in [3.8, 4) is 33.4 Å². The first-order valence-corrected chi connectivity index (χ1v) is 22.0. The molecule has 0 saturated carbocycles. The largest absolute Gasteiger partial charge is 0.337 e. The SMILES string of the molecule is C=C/C=C\C(=C/C)N1Cc2ccccc2-c2cc(-c3ccc(N(C4=CCC=CC=C4)C4=CCC=C5C(=C4)c4ccccc4CC54c5ccccc5-c5ccccc54)cc3)ccc21. The second-order valence-electron chi connectivity index (χ2n) is 16.7. The van der Waals surface area contributed by atoms with Crippen LogP contribution in [0.2, 0.25) is 0 Å². The average Bonchev–Trinajstić information content (AvgIpc) is 3.57. The van der Waals surface area contributed by atoms with Crippen molar-refractivity contribution >= 4 is 16.9 Å².